The van der Waals surface area contributed by atoms with Gasteiger partial charge in [-0.3, -0.25) is 19.2 Å². The number of halogens is 2. The Kier molecular flexibility index (Phi) is 8.53. The number of hydrogen-bond acceptors (Lipinski definition) is 6. The first-order valence-electron chi connectivity index (χ1n) is 9.91. The predicted molar refractivity (Wildman–Crippen MR) is 124 cm³/mol. The normalized spacial score (nSPS) is 17.4. The molecule has 166 valence electrons. The molecule has 0 bridgehead atoms. The molecular weight excluding hydrogens is 544 g/mol. The van der Waals surface area contributed by atoms with Crippen molar-refractivity contribution < 1.29 is 28.7 Å². The van der Waals surface area contributed by atoms with Crippen molar-refractivity contribution >= 4 is 55.4 Å². The van der Waals surface area contributed by atoms with Crippen LogP contribution in [0.25, 0.3) is 0 Å². The summed E-state index contributed by atoms with van der Waals surface area (Å²) in [7, 11) is 0. The van der Waals surface area contributed by atoms with Crippen LogP contribution in [-0.2, 0) is 19.1 Å². The smallest absolute Gasteiger partial charge is 0.310 e. The maximum Gasteiger partial charge on any atom is 0.310 e. The van der Waals surface area contributed by atoms with Crippen LogP contribution in [0.2, 0.25) is 0 Å². The van der Waals surface area contributed by atoms with E-state index in [0.29, 0.717) is 24.0 Å². The molecule has 0 heterocycles. The van der Waals surface area contributed by atoms with Gasteiger partial charge in [0.1, 0.15) is 0 Å². The quantitative estimate of drug-likeness (QED) is 0.257. The molecule has 0 spiro atoms. The lowest BCUT2D eigenvalue weighted by Crippen LogP contribution is -2.35. The van der Waals surface area contributed by atoms with Crippen LogP contribution in [0.4, 0.5) is 0 Å². The molecule has 0 amide bonds. The lowest BCUT2D eigenvalue weighted by molar-refractivity contribution is -0.159. The van der Waals surface area contributed by atoms with E-state index in [0.717, 1.165) is 8.95 Å². The Morgan fingerprint density at radius 3 is 1.34 bits per heavy atom. The van der Waals surface area contributed by atoms with Gasteiger partial charge in [-0.1, -0.05) is 68.3 Å². The van der Waals surface area contributed by atoms with E-state index < -0.39 is 37.0 Å². The van der Waals surface area contributed by atoms with Crippen LogP contribution < -0.4 is 0 Å². The van der Waals surface area contributed by atoms with Crippen LogP contribution in [0.5, 0.6) is 0 Å². The first kappa shape index (κ1) is 24.1. The first-order valence-corrected chi connectivity index (χ1v) is 11.5. The van der Waals surface area contributed by atoms with Gasteiger partial charge in [0.05, 0.1) is 11.8 Å². The van der Waals surface area contributed by atoms with Gasteiger partial charge < -0.3 is 9.47 Å². The van der Waals surface area contributed by atoms with Crippen LogP contribution in [0.15, 0.2) is 69.6 Å². The zero-order valence-corrected chi connectivity index (χ0v) is 20.1. The molecule has 0 aromatic heterocycles. The third kappa shape index (κ3) is 6.46. The first-order chi connectivity index (χ1) is 15.3. The van der Waals surface area contributed by atoms with E-state index in [1.807, 2.05) is 0 Å². The number of esters is 2. The van der Waals surface area contributed by atoms with Crippen LogP contribution in [-0.4, -0.2) is 36.7 Å². The molecule has 0 saturated heterocycles. The van der Waals surface area contributed by atoms with Gasteiger partial charge in [-0.2, -0.15) is 0 Å². The molecule has 3 rings (SSSR count). The molecule has 2 aromatic rings. The average Bonchev–Trinajstić information content (AvgIpc) is 2.81. The summed E-state index contributed by atoms with van der Waals surface area (Å²) in [4.78, 5) is 49.7. The lowest BCUT2D eigenvalue weighted by Gasteiger charge is -2.25. The highest BCUT2D eigenvalue weighted by atomic mass is 79.9. The van der Waals surface area contributed by atoms with E-state index >= 15 is 0 Å². The minimum atomic E-state index is -0.770. The van der Waals surface area contributed by atoms with Crippen LogP contribution in [0.1, 0.15) is 33.6 Å². The van der Waals surface area contributed by atoms with Crippen LogP contribution in [0, 0.1) is 11.8 Å². The largest absolute Gasteiger partial charge is 0.457 e. The number of Topliss-reactive ketones (excluding diaryl/α,β-unsaturated/α-hetero) is 2. The van der Waals surface area contributed by atoms with Gasteiger partial charge in [-0.25, -0.2) is 0 Å². The van der Waals surface area contributed by atoms with Gasteiger partial charge in [-0.15, -0.1) is 0 Å². The molecule has 0 aliphatic heterocycles. The second-order valence-corrected chi connectivity index (χ2v) is 9.06. The average molecular weight is 564 g/mol. The maximum absolute atomic E-state index is 12.6. The van der Waals surface area contributed by atoms with Gasteiger partial charge in [0, 0.05) is 20.1 Å². The van der Waals surface area contributed by atoms with Crippen molar-refractivity contribution in [1.82, 2.24) is 0 Å². The second kappa shape index (κ2) is 11.3. The van der Waals surface area contributed by atoms with Crippen molar-refractivity contribution in [3.05, 3.63) is 80.8 Å². The summed E-state index contributed by atoms with van der Waals surface area (Å²) in [6.45, 7) is -0.824. The number of rotatable bonds is 8. The van der Waals surface area contributed by atoms with Gasteiger partial charge in [-0.05, 0) is 37.1 Å². The molecule has 1 aliphatic rings. The summed E-state index contributed by atoms with van der Waals surface area (Å²) >= 11 is 6.59. The van der Waals surface area contributed by atoms with Gasteiger partial charge in [0.2, 0.25) is 0 Å². The molecule has 0 saturated carbocycles. The number of benzene rings is 2. The van der Waals surface area contributed by atoms with Crippen molar-refractivity contribution in [2.24, 2.45) is 11.8 Å². The molecule has 2 aromatic carbocycles. The van der Waals surface area contributed by atoms with Crippen LogP contribution >= 0.6 is 31.9 Å². The highest BCUT2D eigenvalue weighted by Gasteiger charge is 2.36. The molecule has 8 heteroatoms. The van der Waals surface area contributed by atoms with Gasteiger partial charge in [0.25, 0.3) is 0 Å². The monoisotopic (exact) mass is 562 g/mol. The molecule has 0 fully saturated rings. The summed E-state index contributed by atoms with van der Waals surface area (Å²) in [6, 6.07) is 13.4. The summed E-state index contributed by atoms with van der Waals surface area (Å²) < 4.78 is 12.1. The van der Waals surface area contributed by atoms with Crippen molar-refractivity contribution in [2.45, 2.75) is 12.8 Å². The topological polar surface area (TPSA) is 86.7 Å². The minimum Gasteiger partial charge on any atom is -0.457 e. The number of hydrogen-bond donors (Lipinski definition) is 0. The van der Waals surface area contributed by atoms with E-state index in [9.17, 15) is 19.2 Å². The SMILES string of the molecule is O=C(COC(=O)C1CC=CCC1C(=O)OCC(=O)c1ccc(Br)cc1)c1ccc(Br)cc1. The zero-order valence-electron chi connectivity index (χ0n) is 17.0. The van der Waals surface area contributed by atoms with Gasteiger partial charge >= 0.3 is 11.9 Å². The molecule has 2 atom stereocenters. The zero-order chi connectivity index (χ0) is 23.1. The Bertz CT molecular complexity index is 944. The molecule has 0 N–H and O–H groups in total. The number of ketones is 2. The predicted octanol–water partition coefficient (Wildman–Crippen LogP) is 4.95. The lowest BCUT2D eigenvalue weighted by atomic mass is 9.83. The number of carbonyl (C=O) groups is 4. The van der Waals surface area contributed by atoms with Crippen molar-refractivity contribution in [1.29, 1.82) is 0 Å². The number of carbonyl (C=O) groups excluding carboxylic acids is 4. The fraction of sp³-hybridized carbons (Fsp3) is 0.250. The van der Waals surface area contributed by atoms with E-state index in [1.54, 1.807) is 60.7 Å². The Morgan fingerprint density at radius 1 is 0.656 bits per heavy atom. The third-order valence-corrected chi connectivity index (χ3v) is 6.12. The molecular formula is C24H20Br2O6. The van der Waals surface area contributed by atoms with Crippen molar-refractivity contribution in [2.75, 3.05) is 13.2 Å². The Balaban J connectivity index is 1.55. The van der Waals surface area contributed by atoms with Crippen molar-refractivity contribution in [3.63, 3.8) is 0 Å². The minimum absolute atomic E-state index is 0.297. The van der Waals surface area contributed by atoms with Gasteiger partial charge in [0.15, 0.2) is 24.8 Å². The fourth-order valence-electron chi connectivity index (χ4n) is 3.26. The summed E-state index contributed by atoms with van der Waals surface area (Å²) in [5.41, 5.74) is 0.846. The standard InChI is InChI=1S/C24H20Br2O6/c25-17-9-5-15(6-10-17)21(27)13-31-23(29)19-3-1-2-4-20(19)24(30)32-14-22(28)16-7-11-18(26)12-8-16/h1-2,5-12,19-20H,3-4,13-14H2. The van der Waals surface area contributed by atoms with Crippen molar-refractivity contribution in [3.8, 4) is 0 Å². The Labute approximate surface area is 202 Å². The molecule has 6 nitrogen and oxygen atoms in total. The molecule has 32 heavy (non-hydrogen) atoms. The van der Waals surface area contributed by atoms with Crippen LogP contribution in [0.3, 0.4) is 0 Å². The number of ether oxygens (including phenoxy) is 2. The maximum atomic E-state index is 12.6. The fourth-order valence-corrected chi connectivity index (χ4v) is 3.79. The molecule has 2 unspecified atom stereocenters. The van der Waals surface area contributed by atoms with E-state index in [2.05, 4.69) is 31.9 Å². The highest BCUT2D eigenvalue weighted by Crippen LogP contribution is 2.28. The number of allylic oxidation sites excluding steroid dienone is 2. The summed E-state index contributed by atoms with van der Waals surface area (Å²) in [5.74, 6) is -3.49. The molecule has 0 radical (unpaired) electrons. The summed E-state index contributed by atoms with van der Waals surface area (Å²) in [5, 5.41) is 0. The highest BCUT2D eigenvalue weighted by molar-refractivity contribution is 9.10. The second-order valence-electron chi connectivity index (χ2n) is 7.23. The Hall–Kier alpha value is -2.58. The van der Waals surface area contributed by atoms with E-state index in [-0.39, 0.29) is 11.6 Å². The van der Waals surface area contributed by atoms with E-state index in [4.69, 9.17) is 9.47 Å². The third-order valence-electron chi connectivity index (χ3n) is 5.06. The Morgan fingerprint density at radius 2 is 1.00 bits per heavy atom. The molecule has 1 aliphatic carbocycles. The summed E-state index contributed by atoms with van der Waals surface area (Å²) in [6.07, 6.45) is 4.18. The van der Waals surface area contributed by atoms with E-state index in [1.165, 1.54) is 0 Å².